The number of likely N-dealkylation sites (tertiary alicyclic amines) is 1. The lowest BCUT2D eigenvalue weighted by Crippen LogP contribution is -2.59. The predicted octanol–water partition coefficient (Wildman–Crippen LogP) is 5.04. The SMILES string of the molecule is CC(C)C[C@H](NC(=O)[C@@H]1CCCN1C(=O)[C@H](Cc1ccccc1)N(C)C(=O)CNC(=O)[C@H](C)NC(=O)[C@@H](N)Cc1ccc(O)cc1)C(=O)N[C@@H](Cc1c[nH]c2ccccc12)C(=O)NCc1cc(C(F)(F)F)cc(C(F)(F)F)c1. The maximum atomic E-state index is 14.7. The average molecular weight is 1090 g/mol. The molecule has 0 bridgehead atoms. The number of phenols is 1. The van der Waals surface area contributed by atoms with Gasteiger partial charge in [-0.1, -0.05) is 74.5 Å². The third-order valence-corrected chi connectivity index (χ3v) is 13.3. The summed E-state index contributed by atoms with van der Waals surface area (Å²) >= 11 is 0. The van der Waals surface area contributed by atoms with Gasteiger partial charge in [0, 0.05) is 50.1 Å². The number of aromatic hydroxyl groups is 1. The van der Waals surface area contributed by atoms with Crippen molar-refractivity contribution < 1.29 is 65.0 Å². The minimum Gasteiger partial charge on any atom is -0.508 e. The number of alkyl halides is 6. The number of likely N-dealkylation sites (N-methyl/N-ethyl adjacent to an activating group) is 1. The van der Waals surface area contributed by atoms with Gasteiger partial charge in [0.15, 0.2) is 0 Å². The minimum atomic E-state index is -5.14. The average Bonchev–Trinajstić information content (AvgIpc) is 4.06. The van der Waals surface area contributed by atoms with Crippen LogP contribution in [-0.4, -0.2) is 118 Å². The zero-order valence-electron chi connectivity index (χ0n) is 43.3. The number of carbonyl (C=O) groups excluding carboxylic acids is 7. The standard InChI is InChI=1S/C55H63F6N9O8/c1-31(2)21-43(51(76)67-44(26-36-29-63-42-14-9-8-13-40(36)42)50(75)64-28-35-22-37(54(56,57)58)27-38(23-35)55(59,60)61)68-52(77)45-15-10-20-70(45)53(78)46(25-33-11-6-5-7-12-33)69(4)47(72)30-65-48(73)32(3)66-49(74)41(62)24-34-16-18-39(71)19-17-34/h5-9,11-14,16-19,22-23,27,29,31-32,41,43-46,63,71H,10,15,20-21,24-26,28,30,62H2,1-4H3,(H,64,75)(H,65,73)(H,66,74)(H,67,76)(H,68,77)/t32-,41-,43-,44-,45-,46-/m0/s1. The Balaban J connectivity index is 1.16. The lowest BCUT2D eigenvalue weighted by Gasteiger charge is -2.34. The summed E-state index contributed by atoms with van der Waals surface area (Å²) in [7, 11) is 1.38. The number of carbonyl (C=O) groups is 7. The van der Waals surface area contributed by atoms with E-state index in [1.165, 1.54) is 31.0 Å². The van der Waals surface area contributed by atoms with Crippen LogP contribution in [0.2, 0.25) is 0 Å². The first-order chi connectivity index (χ1) is 36.8. The summed E-state index contributed by atoms with van der Waals surface area (Å²) in [5.74, 6) is -5.35. The van der Waals surface area contributed by atoms with Gasteiger partial charge in [0.25, 0.3) is 0 Å². The molecule has 6 rings (SSSR count). The topological polar surface area (TPSA) is 248 Å². The van der Waals surface area contributed by atoms with E-state index >= 15 is 0 Å². The number of para-hydroxylation sites is 1. The number of H-pyrrole nitrogens is 1. The second-order valence-corrected chi connectivity index (χ2v) is 19.8. The largest absolute Gasteiger partial charge is 0.508 e. The smallest absolute Gasteiger partial charge is 0.416 e. The van der Waals surface area contributed by atoms with Gasteiger partial charge in [0.1, 0.15) is 36.0 Å². The highest BCUT2D eigenvalue weighted by atomic mass is 19.4. The van der Waals surface area contributed by atoms with Crippen LogP contribution in [0.25, 0.3) is 10.9 Å². The summed E-state index contributed by atoms with van der Waals surface area (Å²) in [5.41, 5.74) is 4.96. The number of hydrogen-bond donors (Lipinski definition) is 8. The van der Waals surface area contributed by atoms with Gasteiger partial charge in [0.2, 0.25) is 41.4 Å². The first-order valence-electron chi connectivity index (χ1n) is 25.2. The maximum Gasteiger partial charge on any atom is 0.416 e. The lowest BCUT2D eigenvalue weighted by molar-refractivity contribution is -0.147. The van der Waals surface area contributed by atoms with Gasteiger partial charge in [-0.25, -0.2) is 0 Å². The Kier molecular flexibility index (Phi) is 19.7. The zero-order chi connectivity index (χ0) is 57.1. The summed E-state index contributed by atoms with van der Waals surface area (Å²) in [6.07, 6.45) is -8.21. The molecule has 4 aromatic carbocycles. The molecule has 2 heterocycles. The number of halogens is 6. The molecule has 1 saturated heterocycles. The Morgan fingerprint density at radius 2 is 1.35 bits per heavy atom. The first-order valence-corrected chi connectivity index (χ1v) is 25.2. The van der Waals surface area contributed by atoms with E-state index in [1.807, 2.05) is 0 Å². The van der Waals surface area contributed by atoms with Crippen molar-refractivity contribution in [3.63, 3.8) is 0 Å². The molecule has 1 aliphatic rings. The molecule has 0 saturated carbocycles. The van der Waals surface area contributed by atoms with Crippen molar-refractivity contribution in [1.82, 2.24) is 41.4 Å². The van der Waals surface area contributed by atoms with Gasteiger partial charge in [-0.05, 0) is 97.2 Å². The van der Waals surface area contributed by atoms with Crippen LogP contribution in [0, 0.1) is 5.92 Å². The van der Waals surface area contributed by atoms with Crippen molar-refractivity contribution >= 4 is 52.3 Å². The summed E-state index contributed by atoms with van der Waals surface area (Å²) in [6, 6.07) is 15.5. The number of phenolic OH excluding ortho intramolecular Hbond substituents is 1. The Morgan fingerprint density at radius 1 is 0.718 bits per heavy atom. The van der Waals surface area contributed by atoms with Gasteiger partial charge in [-0.3, -0.25) is 33.6 Å². The molecule has 0 unspecified atom stereocenters. The quantitative estimate of drug-likeness (QED) is 0.0432. The van der Waals surface area contributed by atoms with Crippen LogP contribution in [0.1, 0.15) is 73.4 Å². The molecule has 0 spiro atoms. The third kappa shape index (κ3) is 16.1. The molecule has 7 amide bonds. The minimum absolute atomic E-state index is 0.00158. The fourth-order valence-electron chi connectivity index (χ4n) is 9.11. The van der Waals surface area contributed by atoms with E-state index in [9.17, 15) is 65.0 Å². The van der Waals surface area contributed by atoms with Crippen LogP contribution in [0.4, 0.5) is 26.3 Å². The highest BCUT2D eigenvalue weighted by Gasteiger charge is 2.42. The number of aromatic nitrogens is 1. The number of rotatable bonds is 22. The van der Waals surface area contributed by atoms with Crippen molar-refractivity contribution in [3.8, 4) is 5.75 Å². The molecule has 0 radical (unpaired) electrons. The zero-order valence-corrected chi connectivity index (χ0v) is 43.3. The number of amides is 7. The van der Waals surface area contributed by atoms with Gasteiger partial charge >= 0.3 is 12.4 Å². The highest BCUT2D eigenvalue weighted by molar-refractivity contribution is 5.97. The molecule has 6 atom stereocenters. The normalized spacial score (nSPS) is 15.6. The van der Waals surface area contributed by atoms with Gasteiger partial charge in [-0.15, -0.1) is 0 Å². The molecular weight excluding hydrogens is 1030 g/mol. The lowest BCUT2D eigenvalue weighted by atomic mass is 10.00. The van der Waals surface area contributed by atoms with Crippen molar-refractivity contribution in [3.05, 3.63) is 137 Å². The molecule has 418 valence electrons. The first kappa shape index (κ1) is 59.3. The van der Waals surface area contributed by atoms with Crippen LogP contribution in [0.3, 0.4) is 0 Å². The molecule has 17 nitrogen and oxygen atoms in total. The van der Waals surface area contributed by atoms with E-state index < -0.39 is 120 Å². The number of hydrogen-bond acceptors (Lipinski definition) is 9. The van der Waals surface area contributed by atoms with Crippen LogP contribution < -0.4 is 32.3 Å². The molecular formula is C55H63F6N9O8. The molecule has 5 aromatic rings. The third-order valence-electron chi connectivity index (χ3n) is 13.3. The Morgan fingerprint density at radius 3 is 1.99 bits per heavy atom. The number of aromatic amines is 1. The molecule has 0 aliphatic carbocycles. The van der Waals surface area contributed by atoms with E-state index in [4.69, 9.17) is 5.73 Å². The Hall–Kier alpha value is -7.95. The second-order valence-electron chi connectivity index (χ2n) is 19.8. The van der Waals surface area contributed by atoms with Crippen molar-refractivity contribution in [2.24, 2.45) is 11.7 Å². The van der Waals surface area contributed by atoms with Crippen LogP contribution in [0.15, 0.2) is 103 Å². The number of nitrogens with two attached hydrogens (primary N) is 1. The van der Waals surface area contributed by atoms with Crippen LogP contribution in [-0.2, 0) is 71.7 Å². The fourth-order valence-corrected chi connectivity index (χ4v) is 9.11. The van der Waals surface area contributed by atoms with Crippen LogP contribution >= 0.6 is 0 Å². The monoisotopic (exact) mass is 1090 g/mol. The summed E-state index contributed by atoms with van der Waals surface area (Å²) in [4.78, 5) is 103. The van der Waals surface area contributed by atoms with Crippen LogP contribution in [0.5, 0.6) is 5.75 Å². The summed E-state index contributed by atoms with van der Waals surface area (Å²) in [6.45, 7) is 3.69. The van der Waals surface area contributed by atoms with E-state index in [-0.39, 0.29) is 56.4 Å². The molecule has 23 heteroatoms. The van der Waals surface area contributed by atoms with Crippen molar-refractivity contribution in [1.29, 1.82) is 0 Å². The van der Waals surface area contributed by atoms with Gasteiger partial charge in [-0.2, -0.15) is 26.3 Å². The van der Waals surface area contributed by atoms with Crippen molar-refractivity contribution in [2.45, 2.75) is 114 Å². The van der Waals surface area contributed by atoms with E-state index in [2.05, 4.69) is 31.6 Å². The van der Waals surface area contributed by atoms with Gasteiger partial charge in [0.05, 0.1) is 23.7 Å². The second kappa shape index (κ2) is 25.9. The number of nitrogens with one attached hydrogen (secondary N) is 6. The number of fused-ring (bicyclic) bond motifs is 1. The summed E-state index contributed by atoms with van der Waals surface area (Å²) < 4.78 is 82.2. The Bertz CT molecular complexity index is 2900. The number of nitrogens with zero attached hydrogens (tertiary/aromatic N) is 2. The van der Waals surface area contributed by atoms with Crippen molar-refractivity contribution in [2.75, 3.05) is 20.1 Å². The Labute approximate surface area is 446 Å². The molecule has 1 aliphatic heterocycles. The van der Waals surface area contributed by atoms with E-state index in [1.54, 1.807) is 86.8 Å². The predicted molar refractivity (Wildman–Crippen MR) is 275 cm³/mol. The van der Waals surface area contributed by atoms with Gasteiger partial charge < -0.3 is 52.2 Å². The van der Waals surface area contributed by atoms with E-state index in [0.717, 1.165) is 4.90 Å². The maximum absolute atomic E-state index is 14.7. The molecule has 78 heavy (non-hydrogen) atoms. The summed E-state index contributed by atoms with van der Waals surface area (Å²) in [5, 5.41) is 23.0. The molecule has 9 N–H and O–H groups in total. The molecule has 1 aromatic heterocycles. The highest BCUT2D eigenvalue weighted by Crippen LogP contribution is 2.36. The molecule has 1 fully saturated rings. The van der Waals surface area contributed by atoms with E-state index in [0.29, 0.717) is 46.1 Å². The number of benzene rings is 4. The fraction of sp³-hybridized carbons (Fsp3) is 0.400.